The first kappa shape index (κ1) is 12.1. The molecule has 0 amide bonds. The lowest BCUT2D eigenvalue weighted by atomic mass is 9.95. The Kier molecular flexibility index (Phi) is 3.47. The van der Waals surface area contributed by atoms with Gasteiger partial charge < -0.3 is 15.0 Å². The Bertz CT molecular complexity index is 385. The lowest BCUT2D eigenvalue weighted by Gasteiger charge is -2.40. The van der Waals surface area contributed by atoms with Crippen LogP contribution in [0.3, 0.4) is 0 Å². The van der Waals surface area contributed by atoms with Gasteiger partial charge in [-0.2, -0.15) is 0 Å². The molecule has 1 aromatic heterocycles. The Labute approximate surface area is 102 Å². The molecule has 1 N–H and O–H groups in total. The molecule has 1 unspecified atom stereocenters. The number of ether oxygens (including phenoxy) is 1. The maximum absolute atomic E-state index is 5.59. The van der Waals surface area contributed by atoms with Crippen LogP contribution in [0.5, 0.6) is 0 Å². The summed E-state index contributed by atoms with van der Waals surface area (Å²) < 4.78 is 5.59. The van der Waals surface area contributed by atoms with E-state index in [2.05, 4.69) is 27.1 Å². The maximum Gasteiger partial charge on any atom is 0.134 e. The second-order valence-corrected chi connectivity index (χ2v) is 4.69. The van der Waals surface area contributed by atoms with E-state index in [0.29, 0.717) is 0 Å². The molecule has 0 spiro atoms. The Morgan fingerprint density at radius 2 is 2.29 bits per heavy atom. The van der Waals surface area contributed by atoms with Gasteiger partial charge in [0, 0.05) is 33.3 Å². The molecular formula is C12H20N4O. The average Bonchev–Trinajstić information content (AvgIpc) is 2.39. The Hall–Kier alpha value is -1.36. The fourth-order valence-electron chi connectivity index (χ4n) is 2.22. The van der Waals surface area contributed by atoms with Gasteiger partial charge in [0.25, 0.3) is 0 Å². The Balaban J connectivity index is 2.16. The van der Waals surface area contributed by atoms with Gasteiger partial charge in [-0.25, -0.2) is 9.97 Å². The molecule has 1 aromatic rings. The first-order chi connectivity index (χ1) is 8.17. The van der Waals surface area contributed by atoms with Gasteiger partial charge >= 0.3 is 0 Å². The first-order valence-corrected chi connectivity index (χ1v) is 5.97. The van der Waals surface area contributed by atoms with Crippen molar-refractivity contribution < 1.29 is 4.74 Å². The summed E-state index contributed by atoms with van der Waals surface area (Å²) >= 11 is 0. The van der Waals surface area contributed by atoms with Gasteiger partial charge in [-0.05, 0) is 19.8 Å². The van der Waals surface area contributed by atoms with E-state index in [1.807, 2.05) is 13.1 Å². The van der Waals surface area contributed by atoms with Crippen molar-refractivity contribution in [2.24, 2.45) is 0 Å². The number of anilines is 2. The van der Waals surface area contributed by atoms with Gasteiger partial charge in [0.2, 0.25) is 0 Å². The van der Waals surface area contributed by atoms with Crippen LogP contribution in [-0.2, 0) is 4.74 Å². The molecule has 2 rings (SSSR count). The van der Waals surface area contributed by atoms with Crippen LogP contribution in [0.15, 0.2) is 12.4 Å². The average molecular weight is 236 g/mol. The molecule has 5 heteroatoms. The summed E-state index contributed by atoms with van der Waals surface area (Å²) in [4.78, 5) is 10.7. The molecule has 1 atom stereocenters. The third-order valence-electron chi connectivity index (χ3n) is 3.38. The zero-order valence-corrected chi connectivity index (χ0v) is 10.7. The molecular weight excluding hydrogens is 216 g/mol. The summed E-state index contributed by atoms with van der Waals surface area (Å²) in [6.07, 6.45) is 3.83. The van der Waals surface area contributed by atoms with Crippen molar-refractivity contribution in [3.8, 4) is 0 Å². The normalized spacial score (nSPS) is 24.8. The smallest absolute Gasteiger partial charge is 0.134 e. The van der Waals surface area contributed by atoms with Crippen molar-refractivity contribution in [3.63, 3.8) is 0 Å². The minimum absolute atomic E-state index is 0.0665. The lowest BCUT2D eigenvalue weighted by Crippen LogP contribution is -2.47. The highest BCUT2D eigenvalue weighted by molar-refractivity contribution is 5.48. The fraction of sp³-hybridized carbons (Fsp3) is 0.667. The zero-order chi connectivity index (χ0) is 12.3. The van der Waals surface area contributed by atoms with Gasteiger partial charge in [0.1, 0.15) is 18.0 Å². The highest BCUT2D eigenvalue weighted by Gasteiger charge is 2.31. The monoisotopic (exact) mass is 236 g/mol. The molecule has 1 saturated heterocycles. The summed E-state index contributed by atoms with van der Waals surface area (Å²) in [7, 11) is 3.64. The molecule has 0 aromatic carbocycles. The molecule has 94 valence electrons. The predicted octanol–water partition coefficient (Wildman–Crippen LogP) is 1.52. The van der Waals surface area contributed by atoms with Crippen LogP contribution in [0.1, 0.15) is 19.8 Å². The molecule has 0 saturated carbocycles. The van der Waals surface area contributed by atoms with Crippen molar-refractivity contribution in [1.82, 2.24) is 9.97 Å². The molecule has 1 fully saturated rings. The molecule has 1 aliphatic rings. The minimum Gasteiger partial charge on any atom is -0.377 e. The molecule has 0 radical (unpaired) electrons. The number of nitrogens with zero attached hydrogens (tertiary/aromatic N) is 3. The van der Waals surface area contributed by atoms with Crippen molar-refractivity contribution in [1.29, 1.82) is 0 Å². The van der Waals surface area contributed by atoms with Crippen LogP contribution in [0, 0.1) is 0 Å². The van der Waals surface area contributed by atoms with Gasteiger partial charge in [0.15, 0.2) is 0 Å². The van der Waals surface area contributed by atoms with Gasteiger partial charge in [-0.1, -0.05) is 0 Å². The number of hydrogen-bond acceptors (Lipinski definition) is 5. The van der Waals surface area contributed by atoms with Crippen LogP contribution in [0.4, 0.5) is 11.6 Å². The van der Waals surface area contributed by atoms with Crippen LogP contribution >= 0.6 is 0 Å². The molecule has 2 heterocycles. The van der Waals surface area contributed by atoms with E-state index >= 15 is 0 Å². The summed E-state index contributed by atoms with van der Waals surface area (Å²) in [6.45, 7) is 4.06. The van der Waals surface area contributed by atoms with E-state index in [0.717, 1.165) is 37.6 Å². The molecule has 0 aliphatic carbocycles. The number of piperidine rings is 1. The standard InChI is InChI=1S/C12H20N4O/c1-12(17-3)5-4-6-16(8-12)11-7-10(13-2)14-9-15-11/h7,9H,4-6,8H2,1-3H3,(H,13,14,15). The molecule has 5 nitrogen and oxygen atoms in total. The number of methoxy groups -OCH3 is 1. The molecule has 0 bridgehead atoms. The van der Waals surface area contributed by atoms with Crippen molar-refractivity contribution >= 4 is 11.6 Å². The van der Waals surface area contributed by atoms with Crippen LogP contribution in [0.2, 0.25) is 0 Å². The summed E-state index contributed by atoms with van der Waals surface area (Å²) in [6, 6.07) is 1.97. The van der Waals surface area contributed by atoms with Crippen molar-refractivity contribution in [2.45, 2.75) is 25.4 Å². The van der Waals surface area contributed by atoms with E-state index in [9.17, 15) is 0 Å². The van der Waals surface area contributed by atoms with Crippen LogP contribution in [-0.4, -0.2) is 42.8 Å². The third-order valence-corrected chi connectivity index (χ3v) is 3.38. The second kappa shape index (κ2) is 4.87. The molecule has 1 aliphatic heterocycles. The Morgan fingerprint density at radius 1 is 1.47 bits per heavy atom. The lowest BCUT2D eigenvalue weighted by molar-refractivity contribution is -0.00481. The summed E-state index contributed by atoms with van der Waals surface area (Å²) in [5, 5.41) is 3.03. The summed E-state index contributed by atoms with van der Waals surface area (Å²) in [5.74, 6) is 1.81. The van der Waals surface area contributed by atoms with E-state index in [4.69, 9.17) is 4.74 Å². The minimum atomic E-state index is -0.0665. The quantitative estimate of drug-likeness (QED) is 0.862. The number of hydrogen-bond donors (Lipinski definition) is 1. The van der Waals surface area contributed by atoms with Crippen LogP contribution in [0.25, 0.3) is 0 Å². The van der Waals surface area contributed by atoms with Gasteiger partial charge in [-0.15, -0.1) is 0 Å². The second-order valence-electron chi connectivity index (χ2n) is 4.69. The first-order valence-electron chi connectivity index (χ1n) is 5.97. The fourth-order valence-corrected chi connectivity index (χ4v) is 2.22. The van der Waals surface area contributed by atoms with E-state index in [1.165, 1.54) is 0 Å². The van der Waals surface area contributed by atoms with Crippen LogP contribution < -0.4 is 10.2 Å². The van der Waals surface area contributed by atoms with E-state index < -0.39 is 0 Å². The topological polar surface area (TPSA) is 50.3 Å². The van der Waals surface area contributed by atoms with E-state index in [1.54, 1.807) is 13.4 Å². The number of nitrogens with one attached hydrogen (secondary N) is 1. The highest BCUT2D eigenvalue weighted by atomic mass is 16.5. The SMILES string of the molecule is CNc1cc(N2CCCC(C)(OC)C2)ncn1. The largest absolute Gasteiger partial charge is 0.377 e. The summed E-state index contributed by atoms with van der Waals surface area (Å²) in [5.41, 5.74) is -0.0665. The van der Waals surface area contributed by atoms with E-state index in [-0.39, 0.29) is 5.60 Å². The van der Waals surface area contributed by atoms with Crippen molar-refractivity contribution in [3.05, 3.63) is 12.4 Å². The van der Waals surface area contributed by atoms with Gasteiger partial charge in [-0.3, -0.25) is 0 Å². The van der Waals surface area contributed by atoms with Crippen molar-refractivity contribution in [2.75, 3.05) is 37.5 Å². The molecule has 17 heavy (non-hydrogen) atoms. The van der Waals surface area contributed by atoms with Gasteiger partial charge in [0.05, 0.1) is 5.60 Å². The number of aromatic nitrogens is 2. The Morgan fingerprint density at radius 3 is 3.00 bits per heavy atom. The number of rotatable bonds is 3. The zero-order valence-electron chi connectivity index (χ0n) is 10.7. The third kappa shape index (κ3) is 2.66. The predicted molar refractivity (Wildman–Crippen MR) is 68.4 cm³/mol. The highest BCUT2D eigenvalue weighted by Crippen LogP contribution is 2.27. The maximum atomic E-state index is 5.59.